The number of carboxylic acids is 1. The van der Waals surface area contributed by atoms with Crippen molar-refractivity contribution in [3.05, 3.63) is 33.3 Å². The largest absolute Gasteiger partial charge is 0.481 e. The second-order valence-corrected chi connectivity index (χ2v) is 5.59. The Kier molecular flexibility index (Phi) is 4.45. The summed E-state index contributed by atoms with van der Waals surface area (Å²) in [5.41, 5.74) is 4.94. The fraction of sp³-hybridized carbons (Fsp3) is 0.308. The van der Waals surface area contributed by atoms with Crippen LogP contribution in [0.5, 0.6) is 0 Å². The van der Waals surface area contributed by atoms with Crippen LogP contribution in [0.25, 0.3) is 0 Å². The summed E-state index contributed by atoms with van der Waals surface area (Å²) in [6.45, 7) is -0.272. The Balaban J connectivity index is 2.35. The van der Waals surface area contributed by atoms with Gasteiger partial charge in [0, 0.05) is 12.0 Å². The Bertz CT molecular complexity index is 680. The number of nitrogens with two attached hydrogens (primary N) is 1. The molecule has 2 rings (SSSR count). The molecule has 1 heterocycles. The molecule has 1 aliphatic rings. The summed E-state index contributed by atoms with van der Waals surface area (Å²) in [4.78, 5) is 35.3. The van der Waals surface area contributed by atoms with Gasteiger partial charge >= 0.3 is 5.97 Å². The van der Waals surface area contributed by atoms with Gasteiger partial charge in [0.1, 0.15) is 17.7 Å². The summed E-state index contributed by atoms with van der Waals surface area (Å²) in [6, 6.07) is -0.322. The molecule has 3 N–H and O–H groups in total. The Morgan fingerprint density at radius 3 is 2.64 bits per heavy atom. The smallest absolute Gasteiger partial charge is 0.303 e. The van der Waals surface area contributed by atoms with Gasteiger partial charge in [0.05, 0.1) is 16.6 Å². The van der Waals surface area contributed by atoms with E-state index in [1.54, 1.807) is 0 Å². The molecule has 0 saturated heterocycles. The van der Waals surface area contributed by atoms with Gasteiger partial charge in [-0.15, -0.1) is 0 Å². The first-order valence-electron chi connectivity index (χ1n) is 6.22. The molecule has 1 aromatic carbocycles. The first-order chi connectivity index (χ1) is 10.2. The molecule has 1 atom stereocenters. The van der Waals surface area contributed by atoms with E-state index in [1.807, 2.05) is 0 Å². The highest BCUT2D eigenvalue weighted by atomic mass is 79.9. The van der Waals surface area contributed by atoms with Gasteiger partial charge in [0.2, 0.25) is 5.91 Å². The molecule has 6 nitrogen and oxygen atoms in total. The summed E-state index contributed by atoms with van der Waals surface area (Å²) in [7, 11) is 0. The molecular weight excluding hydrogens is 366 g/mol. The van der Waals surface area contributed by atoms with Gasteiger partial charge in [0.25, 0.3) is 5.91 Å². The Labute approximate surface area is 132 Å². The number of carbonyl (C=O) groups is 3. The summed E-state index contributed by atoms with van der Waals surface area (Å²) >= 11 is 2.74. The predicted octanol–water partition coefficient (Wildman–Crippen LogP) is 1.40. The third-order valence-corrected chi connectivity index (χ3v) is 4.15. The molecule has 0 saturated carbocycles. The number of carbonyl (C=O) groups excluding carboxylic acids is 2. The number of fused-ring (bicyclic) bond motifs is 1. The molecule has 2 amide bonds. The number of nitrogens with zero attached hydrogens (tertiary/aromatic N) is 1. The van der Waals surface area contributed by atoms with Crippen LogP contribution in [-0.2, 0) is 16.1 Å². The van der Waals surface area contributed by atoms with Gasteiger partial charge in [-0.3, -0.25) is 14.4 Å². The summed E-state index contributed by atoms with van der Waals surface area (Å²) in [6.07, 6.45) is -0.579. The van der Waals surface area contributed by atoms with Crippen molar-refractivity contribution >= 4 is 33.7 Å². The third-order valence-electron chi connectivity index (χ3n) is 3.42. The number of amides is 2. The highest BCUT2D eigenvalue weighted by Crippen LogP contribution is 2.33. The average molecular weight is 377 g/mol. The minimum atomic E-state index is -1.20. The van der Waals surface area contributed by atoms with Crippen LogP contribution in [0.1, 0.15) is 28.8 Å². The van der Waals surface area contributed by atoms with Crippen molar-refractivity contribution in [3.63, 3.8) is 0 Å². The van der Waals surface area contributed by atoms with E-state index in [-0.39, 0.29) is 30.5 Å². The number of hydrogen-bond acceptors (Lipinski definition) is 3. The van der Waals surface area contributed by atoms with Crippen LogP contribution in [0, 0.1) is 11.6 Å². The molecule has 0 bridgehead atoms. The molecule has 0 unspecified atom stereocenters. The molecule has 118 valence electrons. The van der Waals surface area contributed by atoms with Gasteiger partial charge in [-0.2, -0.15) is 0 Å². The zero-order valence-corrected chi connectivity index (χ0v) is 12.7. The molecule has 1 aliphatic heterocycles. The quantitative estimate of drug-likeness (QED) is 0.758. The highest BCUT2D eigenvalue weighted by molar-refractivity contribution is 9.10. The standard InChI is InChI=1S/C13H11BrF2N2O4/c14-10-7(15)3-5-6(11(10)16)4-18(13(5)22)8(12(17)21)1-2-9(19)20/h3,8H,1-2,4H2,(H2,17,21)(H,19,20)/t8-/m0/s1. The fourth-order valence-electron chi connectivity index (χ4n) is 2.34. The molecule has 0 aromatic heterocycles. The number of halogens is 3. The van der Waals surface area contributed by atoms with E-state index in [1.165, 1.54) is 0 Å². The normalized spacial score (nSPS) is 14.9. The maximum atomic E-state index is 14.0. The molecular formula is C13H11BrF2N2O4. The second-order valence-electron chi connectivity index (χ2n) is 4.80. The lowest BCUT2D eigenvalue weighted by Gasteiger charge is -2.24. The van der Waals surface area contributed by atoms with Gasteiger partial charge in [0.15, 0.2) is 0 Å². The lowest BCUT2D eigenvalue weighted by atomic mass is 10.1. The first kappa shape index (κ1) is 16.3. The van der Waals surface area contributed by atoms with E-state index >= 15 is 0 Å². The Hall–Kier alpha value is -2.03. The van der Waals surface area contributed by atoms with Gasteiger partial charge in [-0.1, -0.05) is 0 Å². The summed E-state index contributed by atoms with van der Waals surface area (Å²) in [5, 5.41) is 8.67. The molecule has 0 fully saturated rings. The van der Waals surface area contributed by atoms with Gasteiger partial charge < -0.3 is 15.7 Å². The SMILES string of the molecule is NC(=O)[C@H](CCC(=O)O)N1Cc2c(cc(F)c(Br)c2F)C1=O. The van der Waals surface area contributed by atoms with E-state index in [0.29, 0.717) is 0 Å². The average Bonchev–Trinajstić information content (AvgIpc) is 2.74. The van der Waals surface area contributed by atoms with Crippen molar-refractivity contribution in [2.45, 2.75) is 25.4 Å². The maximum Gasteiger partial charge on any atom is 0.303 e. The number of hydrogen-bond donors (Lipinski definition) is 2. The topological polar surface area (TPSA) is 101 Å². The lowest BCUT2D eigenvalue weighted by Crippen LogP contribution is -2.45. The number of aliphatic carboxylic acids is 1. The van der Waals surface area contributed by atoms with Gasteiger partial charge in [-0.25, -0.2) is 8.78 Å². The maximum absolute atomic E-state index is 14.0. The molecule has 9 heteroatoms. The van der Waals surface area contributed by atoms with E-state index in [0.717, 1.165) is 11.0 Å². The molecule has 0 aliphatic carbocycles. The summed E-state index contributed by atoms with van der Waals surface area (Å²) < 4.78 is 27.1. The van der Waals surface area contributed by atoms with Crippen LogP contribution in [0.15, 0.2) is 10.5 Å². The van der Waals surface area contributed by atoms with Crippen LogP contribution < -0.4 is 5.73 Å². The van der Waals surface area contributed by atoms with Gasteiger partial charge in [-0.05, 0) is 28.4 Å². The van der Waals surface area contributed by atoms with Crippen LogP contribution in [0.2, 0.25) is 0 Å². The fourth-order valence-corrected chi connectivity index (χ4v) is 2.69. The third kappa shape index (κ3) is 2.80. The predicted molar refractivity (Wildman–Crippen MR) is 73.8 cm³/mol. The lowest BCUT2D eigenvalue weighted by molar-refractivity contribution is -0.137. The minimum Gasteiger partial charge on any atom is -0.481 e. The van der Waals surface area contributed by atoms with Crippen molar-refractivity contribution in [1.82, 2.24) is 4.90 Å². The van der Waals surface area contributed by atoms with Crippen molar-refractivity contribution < 1.29 is 28.3 Å². The zero-order valence-electron chi connectivity index (χ0n) is 11.1. The van der Waals surface area contributed by atoms with Crippen molar-refractivity contribution in [2.24, 2.45) is 5.73 Å². The molecule has 0 spiro atoms. The molecule has 1 aromatic rings. The van der Waals surface area contributed by atoms with E-state index < -0.39 is 39.9 Å². The minimum absolute atomic E-state index is 0.0557. The first-order valence-corrected chi connectivity index (χ1v) is 7.01. The Morgan fingerprint density at radius 2 is 2.09 bits per heavy atom. The monoisotopic (exact) mass is 376 g/mol. The highest BCUT2D eigenvalue weighted by Gasteiger charge is 2.38. The van der Waals surface area contributed by atoms with E-state index in [4.69, 9.17) is 10.8 Å². The van der Waals surface area contributed by atoms with Crippen LogP contribution in [-0.4, -0.2) is 33.8 Å². The summed E-state index contributed by atoms with van der Waals surface area (Å²) in [5.74, 6) is -4.67. The van der Waals surface area contributed by atoms with Crippen molar-refractivity contribution in [2.75, 3.05) is 0 Å². The van der Waals surface area contributed by atoms with Crippen molar-refractivity contribution in [1.29, 1.82) is 0 Å². The van der Waals surface area contributed by atoms with Crippen molar-refractivity contribution in [3.8, 4) is 0 Å². The number of carboxylic acid groups (broad SMARTS) is 1. The zero-order chi connectivity index (χ0) is 16.6. The van der Waals surface area contributed by atoms with E-state index in [9.17, 15) is 23.2 Å². The van der Waals surface area contributed by atoms with E-state index in [2.05, 4.69) is 15.9 Å². The van der Waals surface area contributed by atoms with Crippen LogP contribution >= 0.6 is 15.9 Å². The molecule has 0 radical (unpaired) electrons. The molecule has 22 heavy (non-hydrogen) atoms. The second kappa shape index (κ2) is 5.99. The number of rotatable bonds is 5. The van der Waals surface area contributed by atoms with Crippen LogP contribution in [0.3, 0.4) is 0 Å². The van der Waals surface area contributed by atoms with Crippen LogP contribution in [0.4, 0.5) is 8.78 Å². The number of primary amides is 1. The number of benzene rings is 1. The Morgan fingerprint density at radius 1 is 1.45 bits per heavy atom.